The number of benzene rings is 2. The number of pyridine rings is 1. The van der Waals surface area contributed by atoms with Crippen LogP contribution in [0.15, 0.2) is 24.3 Å². The molecule has 0 bridgehead atoms. The molecule has 4 aliphatic heterocycles. The number of hydrogen-bond donors (Lipinski definition) is 1. The van der Waals surface area contributed by atoms with E-state index in [4.69, 9.17) is 24.4 Å². The molecule has 1 unspecified atom stereocenters. The van der Waals surface area contributed by atoms with Crippen LogP contribution in [-0.2, 0) is 17.6 Å². The van der Waals surface area contributed by atoms with Gasteiger partial charge in [-0.15, -0.1) is 0 Å². The topological polar surface area (TPSA) is 83.8 Å². The largest absolute Gasteiger partial charge is 0.508 e. The molecule has 4 aromatic rings. The Morgan fingerprint density at radius 1 is 1.00 bits per heavy atom. The van der Waals surface area contributed by atoms with E-state index in [2.05, 4.69) is 9.80 Å². The number of phenols is 1. The summed E-state index contributed by atoms with van der Waals surface area (Å²) in [6, 6.07) is 6.29. The van der Waals surface area contributed by atoms with Gasteiger partial charge in [0.15, 0.2) is 5.82 Å². The van der Waals surface area contributed by atoms with Crippen LogP contribution in [0.1, 0.15) is 70.6 Å². The smallest absolute Gasteiger partial charge is 0.319 e. The van der Waals surface area contributed by atoms with E-state index in [1.54, 1.807) is 12.1 Å². The summed E-state index contributed by atoms with van der Waals surface area (Å²) in [5.41, 5.74) is 1.68. The van der Waals surface area contributed by atoms with Crippen molar-refractivity contribution in [3.8, 4) is 23.0 Å². The zero-order valence-corrected chi connectivity index (χ0v) is 28.4. The van der Waals surface area contributed by atoms with Crippen LogP contribution >= 0.6 is 0 Å². The average molecular weight is 666 g/mol. The Bertz CT molecular complexity index is 1780. The Morgan fingerprint density at radius 3 is 2.52 bits per heavy atom. The fourth-order valence-electron chi connectivity index (χ4n) is 8.18. The molecule has 0 amide bonds. The number of nitrogens with zero attached hydrogens (tertiary/aromatic N) is 5. The minimum atomic E-state index is -0.624. The molecule has 6 heterocycles. The van der Waals surface area contributed by atoms with Crippen molar-refractivity contribution in [3.05, 3.63) is 47.2 Å². The lowest BCUT2D eigenvalue weighted by atomic mass is 9.94. The minimum absolute atomic E-state index is 0.0143. The molecular weight excluding hydrogens is 619 g/mol. The quantitative estimate of drug-likeness (QED) is 0.234. The molecule has 0 radical (unpaired) electrons. The molecule has 0 spiro atoms. The maximum atomic E-state index is 17.0. The second-order valence-corrected chi connectivity index (χ2v) is 12.8. The van der Waals surface area contributed by atoms with Gasteiger partial charge in [-0.25, -0.2) is 13.8 Å². The van der Waals surface area contributed by atoms with Crippen molar-refractivity contribution in [2.45, 2.75) is 83.7 Å². The molecule has 11 heteroatoms. The number of ether oxygens (including phenoxy) is 2. The van der Waals surface area contributed by atoms with Crippen LogP contribution in [0.4, 0.5) is 19.0 Å². The minimum Gasteiger partial charge on any atom is -0.508 e. The molecule has 3 saturated heterocycles. The summed E-state index contributed by atoms with van der Waals surface area (Å²) in [6.07, 6.45) is 7.02. The van der Waals surface area contributed by atoms with Crippen LogP contribution in [-0.4, -0.2) is 83.2 Å². The zero-order valence-electron chi connectivity index (χ0n) is 28.4. The van der Waals surface area contributed by atoms with Crippen molar-refractivity contribution >= 4 is 27.5 Å². The van der Waals surface area contributed by atoms with Crippen molar-refractivity contribution in [2.24, 2.45) is 0 Å². The zero-order chi connectivity index (χ0) is 34.0. The van der Waals surface area contributed by atoms with Gasteiger partial charge >= 0.3 is 6.01 Å². The van der Waals surface area contributed by atoms with Gasteiger partial charge in [0.1, 0.15) is 35.2 Å². The molecule has 258 valence electrons. The second-order valence-electron chi connectivity index (χ2n) is 12.8. The Morgan fingerprint density at radius 2 is 1.77 bits per heavy atom. The van der Waals surface area contributed by atoms with Gasteiger partial charge in [-0.2, -0.15) is 9.97 Å². The molecule has 4 aliphatic rings. The summed E-state index contributed by atoms with van der Waals surface area (Å²) in [6.45, 7) is 10.4. The monoisotopic (exact) mass is 665 g/mol. The van der Waals surface area contributed by atoms with Crippen molar-refractivity contribution in [2.75, 3.05) is 51.5 Å². The first kappa shape index (κ1) is 34.2. The van der Waals surface area contributed by atoms with E-state index in [0.29, 0.717) is 78.6 Å². The highest BCUT2D eigenvalue weighted by atomic mass is 19.1. The van der Waals surface area contributed by atoms with Gasteiger partial charge in [-0.3, -0.25) is 9.29 Å². The molecule has 8 nitrogen and oxygen atoms in total. The Labute approximate surface area is 280 Å². The first-order valence-electron chi connectivity index (χ1n) is 17.4. The third-order valence-corrected chi connectivity index (χ3v) is 10.3. The van der Waals surface area contributed by atoms with Gasteiger partial charge in [-0.1, -0.05) is 26.8 Å². The van der Waals surface area contributed by atoms with E-state index in [1.807, 2.05) is 20.8 Å². The van der Waals surface area contributed by atoms with E-state index < -0.39 is 5.82 Å². The van der Waals surface area contributed by atoms with Crippen LogP contribution in [0.5, 0.6) is 11.8 Å². The van der Waals surface area contributed by atoms with Crippen LogP contribution in [0.3, 0.4) is 0 Å². The van der Waals surface area contributed by atoms with E-state index in [-0.39, 0.29) is 40.4 Å². The lowest BCUT2D eigenvalue weighted by Crippen LogP contribution is -2.43. The van der Waals surface area contributed by atoms with Crippen molar-refractivity contribution in [1.29, 1.82) is 0 Å². The molecule has 2 aromatic heterocycles. The van der Waals surface area contributed by atoms with Gasteiger partial charge in [0.05, 0.1) is 36.4 Å². The summed E-state index contributed by atoms with van der Waals surface area (Å²) in [5, 5.41) is 12.4. The van der Waals surface area contributed by atoms with Crippen molar-refractivity contribution in [1.82, 2.24) is 19.9 Å². The van der Waals surface area contributed by atoms with Gasteiger partial charge in [0.25, 0.3) is 0 Å². The van der Waals surface area contributed by atoms with Crippen LogP contribution in [0.2, 0.25) is 0 Å². The lowest BCUT2D eigenvalue weighted by Gasteiger charge is -2.32. The molecule has 0 aliphatic carbocycles. The number of halogens is 3. The molecular formula is C37H46F3N5O3. The molecule has 1 N–H and O–H groups in total. The highest BCUT2D eigenvalue weighted by Gasteiger charge is 2.45. The Hall–Kier alpha value is -3.70. The number of aromatic hydroxyl groups is 1. The van der Waals surface area contributed by atoms with Crippen molar-refractivity contribution in [3.63, 3.8) is 0 Å². The number of fused-ring (bicyclic) bond motifs is 4. The number of phenolic OH excluding ortho intramolecular Hbond substituents is 1. The first-order chi connectivity index (χ1) is 23.5. The highest BCUT2D eigenvalue weighted by Crippen LogP contribution is 2.43. The third kappa shape index (κ3) is 5.93. The third-order valence-electron chi connectivity index (χ3n) is 10.3. The fraction of sp³-hybridized carbons (Fsp3) is 0.541. The second kappa shape index (κ2) is 14.4. The van der Waals surface area contributed by atoms with Gasteiger partial charge < -0.3 is 19.5 Å². The van der Waals surface area contributed by atoms with E-state index in [0.717, 1.165) is 58.2 Å². The maximum absolute atomic E-state index is 17.0. The number of hydrogen-bond acceptors (Lipinski definition) is 8. The predicted molar refractivity (Wildman–Crippen MR) is 183 cm³/mol. The maximum Gasteiger partial charge on any atom is 0.319 e. The number of aryl methyl sites for hydroxylation is 2. The summed E-state index contributed by atoms with van der Waals surface area (Å²) >= 11 is 0. The van der Waals surface area contributed by atoms with E-state index in [1.165, 1.54) is 12.1 Å². The van der Waals surface area contributed by atoms with Gasteiger partial charge in [-0.05, 0) is 99.0 Å². The molecule has 0 saturated carbocycles. The van der Waals surface area contributed by atoms with E-state index >= 15 is 8.78 Å². The summed E-state index contributed by atoms with van der Waals surface area (Å²) < 4.78 is 53.9. The summed E-state index contributed by atoms with van der Waals surface area (Å²) in [5.74, 6) is -0.393. The first-order valence-corrected chi connectivity index (χ1v) is 17.4. The van der Waals surface area contributed by atoms with Gasteiger partial charge in [0, 0.05) is 18.7 Å². The lowest BCUT2D eigenvalue weighted by molar-refractivity contribution is 0.108. The molecule has 1 atom stereocenters. The molecule has 8 rings (SSSR count). The number of aromatic nitrogens is 3. The number of alkyl halides is 1. The Kier molecular flexibility index (Phi) is 10.3. The molecule has 2 aromatic carbocycles. The number of anilines is 1. The number of rotatable bonds is 5. The average Bonchev–Trinajstić information content (AvgIpc) is 3.56. The normalized spacial score (nSPS) is 19.8. The highest BCUT2D eigenvalue weighted by molar-refractivity contribution is 6.02. The Balaban J connectivity index is 0.000000969. The standard InChI is InChI=1S/C34H37F2N5O3.C2H6.CH3F/c1-2-23-25(35)8-6-20-16-22(42)17-24(27(20)23)30-29(36)31-28-26(37-30)9-7-21-18-43-15-5-14-41(21)32(28)39-33(38-31)44-19-34-10-3-12-40(34)13-4-11-34;2*1-2/h6,8,16-17,21,42H,2-5,7,9-15,18-19H2,1H3;1-2H3;1H3. The molecule has 3 fully saturated rings. The predicted octanol–water partition coefficient (Wildman–Crippen LogP) is 7.55. The fourth-order valence-corrected chi connectivity index (χ4v) is 8.18. The van der Waals surface area contributed by atoms with Gasteiger partial charge in [0.2, 0.25) is 0 Å². The van der Waals surface area contributed by atoms with E-state index in [9.17, 15) is 9.50 Å². The van der Waals surface area contributed by atoms with Crippen LogP contribution in [0.25, 0.3) is 32.9 Å². The van der Waals surface area contributed by atoms with Crippen molar-refractivity contribution < 1.29 is 27.8 Å². The molecule has 48 heavy (non-hydrogen) atoms. The van der Waals surface area contributed by atoms with Crippen LogP contribution in [0, 0.1) is 11.6 Å². The van der Waals surface area contributed by atoms with Crippen LogP contribution < -0.4 is 9.64 Å². The summed E-state index contributed by atoms with van der Waals surface area (Å²) in [7, 11) is 0.500. The SMILES string of the molecule is CC.CCc1c(F)ccc2cc(O)cc(-c3nc4c5c(nc(OCC67CCCN6CCC7)nc5c3F)N3CCCOCC3CC4)c12.CF. The summed E-state index contributed by atoms with van der Waals surface area (Å²) in [4.78, 5) is 19.4.